The summed E-state index contributed by atoms with van der Waals surface area (Å²) in [5, 5.41) is 23.1. The molecule has 0 spiro atoms. The standard InChI is InChI=1S/C60H115NO3/c1-3-5-7-9-11-13-15-17-19-21-23-25-27-28-29-30-31-32-33-34-36-38-40-42-44-46-48-50-52-54-56-60(64)61-58(57-62)59(63)55-53-51-49-47-45-43-41-39-37-35-26-24-22-20-18-16-14-12-10-8-6-4-2/h37,39,45,47,53,55,58-59,62-63H,3-36,38,40-44,46,48-52,54,56-57H2,1-2H3,(H,61,64)/b39-37+,47-45+,55-53+. The van der Waals surface area contributed by atoms with E-state index in [1.54, 1.807) is 6.08 Å². The van der Waals surface area contributed by atoms with Gasteiger partial charge < -0.3 is 15.5 Å². The molecule has 0 fully saturated rings. The number of rotatable bonds is 54. The Labute approximate surface area is 402 Å². The molecule has 0 bridgehead atoms. The maximum atomic E-state index is 12.5. The van der Waals surface area contributed by atoms with Crippen LogP contribution in [-0.4, -0.2) is 34.9 Å². The number of unbranched alkanes of at least 4 members (excludes halogenated alkanes) is 43. The zero-order valence-corrected chi connectivity index (χ0v) is 43.6. The Bertz CT molecular complexity index is 974. The smallest absolute Gasteiger partial charge is 0.220 e. The molecule has 0 aromatic heterocycles. The van der Waals surface area contributed by atoms with Crippen LogP contribution in [0.5, 0.6) is 0 Å². The van der Waals surface area contributed by atoms with E-state index in [9.17, 15) is 15.0 Å². The molecular weight excluding hydrogens is 783 g/mol. The highest BCUT2D eigenvalue weighted by Gasteiger charge is 2.18. The summed E-state index contributed by atoms with van der Waals surface area (Å²) in [5.41, 5.74) is 0. The molecule has 4 heteroatoms. The third kappa shape index (κ3) is 51.6. The first-order valence-corrected chi connectivity index (χ1v) is 29.2. The van der Waals surface area contributed by atoms with Crippen LogP contribution in [0.4, 0.5) is 0 Å². The third-order valence-corrected chi connectivity index (χ3v) is 13.6. The number of carbonyl (C=O) groups is 1. The van der Waals surface area contributed by atoms with Crippen LogP contribution in [-0.2, 0) is 4.79 Å². The van der Waals surface area contributed by atoms with E-state index in [1.807, 2.05) is 6.08 Å². The first-order chi connectivity index (χ1) is 31.7. The number of hydrogen-bond acceptors (Lipinski definition) is 3. The van der Waals surface area contributed by atoms with Crippen LogP contribution in [0, 0.1) is 0 Å². The normalized spacial score (nSPS) is 13.0. The zero-order valence-electron chi connectivity index (χ0n) is 43.6. The van der Waals surface area contributed by atoms with Crippen LogP contribution in [0.2, 0.25) is 0 Å². The second-order valence-electron chi connectivity index (χ2n) is 20.1. The molecule has 2 atom stereocenters. The van der Waals surface area contributed by atoms with Crippen molar-refractivity contribution in [3.05, 3.63) is 36.5 Å². The van der Waals surface area contributed by atoms with Gasteiger partial charge in [0, 0.05) is 6.42 Å². The summed E-state index contributed by atoms with van der Waals surface area (Å²) in [6, 6.07) is -0.644. The van der Waals surface area contributed by atoms with Crippen LogP contribution < -0.4 is 5.32 Å². The first-order valence-electron chi connectivity index (χ1n) is 29.2. The van der Waals surface area contributed by atoms with E-state index in [0.29, 0.717) is 6.42 Å². The fourth-order valence-corrected chi connectivity index (χ4v) is 9.16. The van der Waals surface area contributed by atoms with Gasteiger partial charge in [-0.3, -0.25) is 4.79 Å². The summed E-state index contributed by atoms with van der Waals surface area (Å²) in [5.74, 6) is -0.0715. The monoisotopic (exact) mass is 898 g/mol. The van der Waals surface area contributed by atoms with Gasteiger partial charge in [0.1, 0.15) is 0 Å². The number of aliphatic hydroxyl groups is 2. The van der Waals surface area contributed by atoms with Gasteiger partial charge >= 0.3 is 0 Å². The predicted octanol–water partition coefficient (Wildman–Crippen LogP) is 19.3. The summed E-state index contributed by atoms with van der Waals surface area (Å²) in [6.07, 6.45) is 76.1. The van der Waals surface area contributed by atoms with Gasteiger partial charge in [-0.15, -0.1) is 0 Å². The second-order valence-corrected chi connectivity index (χ2v) is 20.1. The first kappa shape index (κ1) is 62.6. The molecule has 0 aliphatic rings. The van der Waals surface area contributed by atoms with Crippen LogP contribution in [0.1, 0.15) is 322 Å². The van der Waals surface area contributed by atoms with E-state index in [1.165, 1.54) is 263 Å². The maximum Gasteiger partial charge on any atom is 0.220 e. The Hall–Kier alpha value is -1.39. The number of allylic oxidation sites excluding steroid dienone is 5. The van der Waals surface area contributed by atoms with E-state index in [4.69, 9.17) is 0 Å². The van der Waals surface area contributed by atoms with Crippen LogP contribution in [0.25, 0.3) is 0 Å². The van der Waals surface area contributed by atoms with Gasteiger partial charge in [0.05, 0.1) is 18.8 Å². The minimum atomic E-state index is -0.869. The summed E-state index contributed by atoms with van der Waals surface area (Å²) in [6.45, 7) is 4.33. The van der Waals surface area contributed by atoms with Crippen molar-refractivity contribution in [2.75, 3.05) is 6.61 Å². The van der Waals surface area contributed by atoms with Crippen LogP contribution in [0.15, 0.2) is 36.5 Å². The van der Waals surface area contributed by atoms with Gasteiger partial charge in [-0.25, -0.2) is 0 Å². The minimum absolute atomic E-state index is 0.0715. The average Bonchev–Trinajstić information content (AvgIpc) is 3.30. The van der Waals surface area contributed by atoms with E-state index in [-0.39, 0.29) is 12.5 Å². The van der Waals surface area contributed by atoms with Crippen molar-refractivity contribution in [2.24, 2.45) is 0 Å². The molecule has 64 heavy (non-hydrogen) atoms. The highest BCUT2D eigenvalue weighted by atomic mass is 16.3. The van der Waals surface area contributed by atoms with E-state index >= 15 is 0 Å². The highest BCUT2D eigenvalue weighted by Crippen LogP contribution is 2.18. The Morgan fingerprint density at radius 2 is 0.609 bits per heavy atom. The number of carbonyl (C=O) groups excluding carboxylic acids is 1. The lowest BCUT2D eigenvalue weighted by Gasteiger charge is -2.19. The molecule has 0 saturated heterocycles. The number of nitrogens with one attached hydrogen (secondary N) is 1. The molecule has 4 nitrogen and oxygen atoms in total. The van der Waals surface area contributed by atoms with Crippen molar-refractivity contribution in [3.63, 3.8) is 0 Å². The van der Waals surface area contributed by atoms with E-state index < -0.39 is 12.1 Å². The number of hydrogen-bond donors (Lipinski definition) is 3. The third-order valence-electron chi connectivity index (χ3n) is 13.6. The van der Waals surface area contributed by atoms with Crippen molar-refractivity contribution in [2.45, 2.75) is 334 Å². The van der Waals surface area contributed by atoms with Gasteiger partial charge in [0.15, 0.2) is 0 Å². The van der Waals surface area contributed by atoms with Gasteiger partial charge in [-0.1, -0.05) is 307 Å². The van der Waals surface area contributed by atoms with Crippen molar-refractivity contribution in [1.29, 1.82) is 0 Å². The van der Waals surface area contributed by atoms with Crippen molar-refractivity contribution in [3.8, 4) is 0 Å². The van der Waals surface area contributed by atoms with Crippen molar-refractivity contribution >= 4 is 5.91 Å². The molecule has 3 N–H and O–H groups in total. The summed E-state index contributed by atoms with van der Waals surface area (Å²) in [4.78, 5) is 12.5. The maximum absolute atomic E-state index is 12.5. The Kier molecular flexibility index (Phi) is 54.7. The van der Waals surface area contributed by atoms with E-state index in [2.05, 4.69) is 43.5 Å². The molecule has 0 aliphatic carbocycles. The highest BCUT2D eigenvalue weighted by molar-refractivity contribution is 5.76. The molecule has 0 aromatic rings. The zero-order chi connectivity index (χ0) is 46.3. The van der Waals surface area contributed by atoms with Crippen LogP contribution in [0.3, 0.4) is 0 Å². The number of aliphatic hydroxyl groups excluding tert-OH is 2. The lowest BCUT2D eigenvalue weighted by Crippen LogP contribution is -2.45. The van der Waals surface area contributed by atoms with Crippen molar-refractivity contribution < 1.29 is 15.0 Å². The van der Waals surface area contributed by atoms with Crippen LogP contribution >= 0.6 is 0 Å². The van der Waals surface area contributed by atoms with Crippen molar-refractivity contribution in [1.82, 2.24) is 5.32 Å². The molecule has 0 aliphatic heterocycles. The van der Waals surface area contributed by atoms with Gasteiger partial charge in [-0.05, 0) is 44.9 Å². The lowest BCUT2D eigenvalue weighted by molar-refractivity contribution is -0.123. The van der Waals surface area contributed by atoms with Gasteiger partial charge in [0.2, 0.25) is 5.91 Å². The fraction of sp³-hybridized carbons (Fsp3) is 0.883. The lowest BCUT2D eigenvalue weighted by atomic mass is 10.0. The topological polar surface area (TPSA) is 69.6 Å². The molecule has 0 rings (SSSR count). The minimum Gasteiger partial charge on any atom is -0.394 e. The summed E-state index contributed by atoms with van der Waals surface area (Å²) in [7, 11) is 0. The SMILES string of the molecule is CCCCCCCCCCCCCC/C=C/CC/C=C/CC/C=C/C(O)C(CO)NC(=O)CCCCCCCCCCCCCCCCCCCCCCCCCCCCCCCC. The molecule has 0 heterocycles. The fourth-order valence-electron chi connectivity index (χ4n) is 9.16. The molecular formula is C60H115NO3. The Morgan fingerprint density at radius 1 is 0.359 bits per heavy atom. The van der Waals surface area contributed by atoms with Gasteiger partial charge in [0.25, 0.3) is 0 Å². The van der Waals surface area contributed by atoms with Gasteiger partial charge in [-0.2, -0.15) is 0 Å². The Balaban J connectivity index is 3.49. The molecule has 1 amide bonds. The molecule has 0 saturated carbocycles. The summed E-state index contributed by atoms with van der Waals surface area (Å²) < 4.78 is 0. The predicted molar refractivity (Wildman–Crippen MR) is 285 cm³/mol. The second kappa shape index (κ2) is 55.9. The quantitative estimate of drug-likeness (QED) is 0.0421. The summed E-state index contributed by atoms with van der Waals surface area (Å²) >= 11 is 0. The Morgan fingerprint density at radius 3 is 0.906 bits per heavy atom. The average molecular weight is 899 g/mol. The number of amides is 1. The molecule has 0 aromatic carbocycles. The molecule has 378 valence electrons. The van der Waals surface area contributed by atoms with E-state index in [0.717, 1.165) is 38.5 Å². The molecule has 0 radical (unpaired) electrons. The largest absolute Gasteiger partial charge is 0.394 e. The molecule has 2 unspecified atom stereocenters.